The lowest BCUT2D eigenvalue weighted by atomic mass is 10.2. The van der Waals surface area contributed by atoms with Gasteiger partial charge in [-0.1, -0.05) is 18.2 Å². The Morgan fingerprint density at radius 2 is 1.81 bits per heavy atom. The summed E-state index contributed by atoms with van der Waals surface area (Å²) in [7, 11) is 0. The van der Waals surface area contributed by atoms with Crippen LogP contribution in [0, 0.1) is 11.3 Å². The van der Waals surface area contributed by atoms with Gasteiger partial charge in [-0.25, -0.2) is 4.79 Å². The molecule has 0 saturated carbocycles. The van der Waals surface area contributed by atoms with Crippen molar-refractivity contribution >= 4 is 23.5 Å². The molecule has 2 heterocycles. The van der Waals surface area contributed by atoms with Crippen molar-refractivity contribution in [2.75, 3.05) is 54.4 Å². The molecule has 0 bridgehead atoms. The molecule has 3 rings (SSSR count). The molecule has 140 valence electrons. The molecular weight excluding hydrogens is 348 g/mol. The molecule has 1 aromatic heterocycles. The van der Waals surface area contributed by atoms with Crippen molar-refractivity contribution in [2.24, 2.45) is 0 Å². The first-order valence-electron chi connectivity index (χ1n) is 8.58. The molecule has 0 unspecified atom stereocenters. The van der Waals surface area contributed by atoms with Gasteiger partial charge >= 0.3 is 6.09 Å². The van der Waals surface area contributed by atoms with Crippen molar-refractivity contribution in [3.8, 4) is 6.07 Å². The zero-order chi connectivity index (χ0) is 19.1. The highest BCUT2D eigenvalue weighted by molar-refractivity contribution is 5.64. The molecule has 1 fully saturated rings. The molecule has 27 heavy (non-hydrogen) atoms. The van der Waals surface area contributed by atoms with Crippen LogP contribution in [0.4, 0.5) is 22.2 Å². The second kappa shape index (κ2) is 8.66. The highest BCUT2D eigenvalue weighted by Gasteiger charge is 2.22. The van der Waals surface area contributed by atoms with Gasteiger partial charge in [0.1, 0.15) is 6.07 Å². The first-order valence-corrected chi connectivity index (χ1v) is 8.58. The van der Waals surface area contributed by atoms with Crippen molar-refractivity contribution in [1.82, 2.24) is 20.5 Å². The zero-order valence-electron chi connectivity index (χ0n) is 14.7. The van der Waals surface area contributed by atoms with Crippen LogP contribution in [0.1, 0.15) is 5.69 Å². The number of hydrogen-bond donors (Lipinski definition) is 3. The lowest BCUT2D eigenvalue weighted by Crippen LogP contribution is -2.47. The summed E-state index contributed by atoms with van der Waals surface area (Å²) in [5.74, 6) is 0.760. The van der Waals surface area contributed by atoms with Gasteiger partial charge in [-0.05, 0) is 12.1 Å². The molecular formula is C17H20N8O2. The molecule has 10 nitrogen and oxygen atoms in total. The highest BCUT2D eigenvalue weighted by atomic mass is 16.4. The van der Waals surface area contributed by atoms with E-state index in [1.165, 1.54) is 5.69 Å². The van der Waals surface area contributed by atoms with Gasteiger partial charge in [-0.3, -0.25) is 0 Å². The van der Waals surface area contributed by atoms with Crippen LogP contribution in [0.25, 0.3) is 0 Å². The van der Waals surface area contributed by atoms with E-state index >= 15 is 0 Å². The van der Waals surface area contributed by atoms with Crippen LogP contribution in [-0.4, -0.2) is 65.6 Å². The van der Waals surface area contributed by atoms with Gasteiger partial charge < -0.3 is 25.5 Å². The van der Waals surface area contributed by atoms with Gasteiger partial charge in [-0.2, -0.15) is 10.2 Å². The van der Waals surface area contributed by atoms with Crippen LogP contribution >= 0.6 is 0 Å². The fraction of sp³-hybridized carbons (Fsp3) is 0.353. The highest BCUT2D eigenvalue weighted by Crippen LogP contribution is 2.21. The lowest BCUT2D eigenvalue weighted by Gasteiger charge is -2.36. The van der Waals surface area contributed by atoms with Crippen LogP contribution in [0.2, 0.25) is 0 Å². The number of nitrogens with zero attached hydrogens (tertiary/aromatic N) is 6. The third kappa shape index (κ3) is 4.72. The van der Waals surface area contributed by atoms with Crippen molar-refractivity contribution in [2.45, 2.75) is 0 Å². The third-order valence-corrected chi connectivity index (χ3v) is 4.16. The average molecular weight is 368 g/mol. The molecule has 1 amide bonds. The molecule has 2 aromatic rings. The first-order chi connectivity index (χ1) is 13.2. The number of nitrogens with one attached hydrogen (secondary N) is 2. The molecule has 3 N–H and O–H groups in total. The SMILES string of the molecule is N#Cc1nnc(NCCNC(=O)O)nc1N1CCN(c2ccccc2)CC1. The molecule has 1 aliphatic heterocycles. The van der Waals surface area contributed by atoms with E-state index in [2.05, 4.69) is 42.8 Å². The Balaban J connectivity index is 1.64. The number of carboxylic acid groups (broad SMARTS) is 1. The van der Waals surface area contributed by atoms with Crippen molar-refractivity contribution in [3.63, 3.8) is 0 Å². The van der Waals surface area contributed by atoms with E-state index in [4.69, 9.17) is 5.11 Å². The number of rotatable bonds is 6. The number of nitriles is 1. The maximum atomic E-state index is 10.5. The minimum Gasteiger partial charge on any atom is -0.465 e. The fourth-order valence-corrected chi connectivity index (χ4v) is 2.84. The molecule has 0 atom stereocenters. The van der Waals surface area contributed by atoms with E-state index in [0.29, 0.717) is 25.5 Å². The Labute approximate surface area is 156 Å². The number of para-hydroxylation sites is 1. The first kappa shape index (κ1) is 18.2. The van der Waals surface area contributed by atoms with Gasteiger partial charge in [0.25, 0.3) is 0 Å². The van der Waals surface area contributed by atoms with Crippen molar-refractivity contribution in [3.05, 3.63) is 36.0 Å². The van der Waals surface area contributed by atoms with Gasteiger partial charge in [0, 0.05) is 45.0 Å². The van der Waals surface area contributed by atoms with Crippen LogP contribution in [-0.2, 0) is 0 Å². The Morgan fingerprint density at radius 3 is 2.48 bits per heavy atom. The van der Waals surface area contributed by atoms with E-state index in [-0.39, 0.29) is 18.2 Å². The van der Waals surface area contributed by atoms with Gasteiger partial charge in [0.15, 0.2) is 5.82 Å². The summed E-state index contributed by atoms with van der Waals surface area (Å²) in [6.45, 7) is 3.57. The number of carbonyl (C=O) groups is 1. The maximum Gasteiger partial charge on any atom is 0.404 e. The molecule has 0 aliphatic carbocycles. The molecule has 0 radical (unpaired) electrons. The number of amides is 1. The normalized spacial score (nSPS) is 13.7. The predicted octanol–water partition coefficient (Wildman–Crippen LogP) is 0.749. The molecule has 1 aliphatic rings. The third-order valence-electron chi connectivity index (χ3n) is 4.16. The number of hydrogen-bond acceptors (Lipinski definition) is 8. The zero-order valence-corrected chi connectivity index (χ0v) is 14.7. The van der Waals surface area contributed by atoms with Crippen LogP contribution in [0.3, 0.4) is 0 Å². The summed E-state index contributed by atoms with van der Waals surface area (Å²) < 4.78 is 0. The molecule has 1 aromatic carbocycles. The van der Waals surface area contributed by atoms with E-state index in [1.807, 2.05) is 29.2 Å². The number of aromatic nitrogens is 3. The number of anilines is 3. The Kier molecular flexibility index (Phi) is 5.84. The Morgan fingerprint density at radius 1 is 1.11 bits per heavy atom. The summed E-state index contributed by atoms with van der Waals surface area (Å²) in [4.78, 5) is 19.2. The topological polar surface area (TPSA) is 130 Å². The second-order valence-electron chi connectivity index (χ2n) is 5.89. The summed E-state index contributed by atoms with van der Waals surface area (Å²) in [6, 6.07) is 12.2. The van der Waals surface area contributed by atoms with E-state index in [1.54, 1.807) is 0 Å². The average Bonchev–Trinajstić information content (AvgIpc) is 2.72. The van der Waals surface area contributed by atoms with Gasteiger partial charge in [0.05, 0.1) is 0 Å². The quantitative estimate of drug-likeness (QED) is 0.632. The smallest absolute Gasteiger partial charge is 0.404 e. The number of benzene rings is 1. The lowest BCUT2D eigenvalue weighted by molar-refractivity contribution is 0.195. The van der Waals surface area contributed by atoms with E-state index < -0.39 is 6.09 Å². The fourth-order valence-electron chi connectivity index (χ4n) is 2.84. The van der Waals surface area contributed by atoms with Crippen LogP contribution in [0.15, 0.2) is 30.3 Å². The van der Waals surface area contributed by atoms with Gasteiger partial charge in [0.2, 0.25) is 11.6 Å². The number of piperazine rings is 1. The minimum atomic E-state index is -1.09. The Bertz CT molecular complexity index is 815. The summed E-state index contributed by atoms with van der Waals surface area (Å²) in [5, 5.41) is 30.9. The van der Waals surface area contributed by atoms with Crippen molar-refractivity contribution < 1.29 is 9.90 Å². The van der Waals surface area contributed by atoms with E-state index in [9.17, 15) is 10.1 Å². The molecule has 0 spiro atoms. The maximum absolute atomic E-state index is 10.5. The molecule has 10 heteroatoms. The van der Waals surface area contributed by atoms with E-state index in [0.717, 1.165) is 13.1 Å². The van der Waals surface area contributed by atoms with Crippen molar-refractivity contribution in [1.29, 1.82) is 5.26 Å². The minimum absolute atomic E-state index is 0.178. The van der Waals surface area contributed by atoms with Crippen LogP contribution < -0.4 is 20.4 Å². The Hall–Kier alpha value is -3.61. The summed E-state index contributed by atoms with van der Waals surface area (Å²) in [6.07, 6.45) is -1.09. The second-order valence-corrected chi connectivity index (χ2v) is 5.89. The standard InChI is InChI=1S/C17H20N8O2/c18-12-14-15(21-16(23-22-14)19-6-7-20-17(26)27)25-10-8-24(9-11-25)13-4-2-1-3-5-13/h1-5,20H,6-11H2,(H,26,27)(H,19,21,23). The summed E-state index contributed by atoms with van der Waals surface area (Å²) >= 11 is 0. The van der Waals surface area contributed by atoms with Gasteiger partial charge in [-0.15, -0.1) is 10.2 Å². The molecule has 1 saturated heterocycles. The van der Waals surface area contributed by atoms with Crippen LogP contribution in [0.5, 0.6) is 0 Å². The predicted molar refractivity (Wildman–Crippen MR) is 99.9 cm³/mol. The monoisotopic (exact) mass is 368 g/mol. The summed E-state index contributed by atoms with van der Waals surface area (Å²) in [5.41, 5.74) is 1.35. The largest absolute Gasteiger partial charge is 0.465 e.